The summed E-state index contributed by atoms with van der Waals surface area (Å²) in [6.45, 7) is 4.63. The molecule has 0 aliphatic carbocycles. The number of aromatic nitrogens is 2. The van der Waals surface area contributed by atoms with Crippen LogP contribution in [0.4, 0.5) is 4.79 Å². The lowest BCUT2D eigenvalue weighted by atomic mass is 10.1. The van der Waals surface area contributed by atoms with Gasteiger partial charge in [-0.1, -0.05) is 30.3 Å². The predicted molar refractivity (Wildman–Crippen MR) is 94.1 cm³/mol. The molecule has 2 amide bonds. The number of nitrogens with one attached hydrogen (secondary N) is 2. The molecule has 0 aliphatic rings. The predicted octanol–water partition coefficient (Wildman–Crippen LogP) is 1.92. The lowest BCUT2D eigenvalue weighted by Crippen LogP contribution is -2.37. The maximum Gasteiger partial charge on any atom is 0.314 e. The second kappa shape index (κ2) is 9.72. The van der Waals surface area contributed by atoms with Crippen LogP contribution in [0.3, 0.4) is 0 Å². The number of nitrogens with zero attached hydrogens (tertiary/aromatic N) is 2. The number of carbonyl (C=O) groups excluding carboxylic acids is 1. The van der Waals surface area contributed by atoms with E-state index in [0.29, 0.717) is 26.1 Å². The van der Waals surface area contributed by atoms with E-state index in [1.165, 1.54) is 5.56 Å². The van der Waals surface area contributed by atoms with E-state index in [4.69, 9.17) is 4.74 Å². The zero-order chi connectivity index (χ0) is 17.2. The third-order valence-corrected chi connectivity index (χ3v) is 3.83. The fourth-order valence-electron chi connectivity index (χ4n) is 2.51. The summed E-state index contributed by atoms with van der Waals surface area (Å²) in [5.74, 6) is 0.967. The molecular weight excluding hydrogens is 304 g/mol. The van der Waals surface area contributed by atoms with E-state index in [2.05, 4.69) is 32.3 Å². The van der Waals surface area contributed by atoms with Gasteiger partial charge < -0.3 is 19.9 Å². The summed E-state index contributed by atoms with van der Waals surface area (Å²) >= 11 is 0. The topological polar surface area (TPSA) is 68.2 Å². The maximum absolute atomic E-state index is 11.8. The van der Waals surface area contributed by atoms with Crippen molar-refractivity contribution in [3.8, 4) is 0 Å². The number of hydrogen-bond acceptors (Lipinski definition) is 3. The third kappa shape index (κ3) is 5.70. The first-order valence-corrected chi connectivity index (χ1v) is 8.26. The van der Waals surface area contributed by atoms with E-state index in [9.17, 15) is 4.79 Å². The van der Waals surface area contributed by atoms with Gasteiger partial charge in [0.2, 0.25) is 0 Å². The molecule has 130 valence electrons. The van der Waals surface area contributed by atoms with Crippen LogP contribution in [0.25, 0.3) is 0 Å². The van der Waals surface area contributed by atoms with Gasteiger partial charge in [-0.2, -0.15) is 0 Å². The fraction of sp³-hybridized carbons (Fsp3) is 0.444. The number of methoxy groups -OCH3 is 1. The number of imidazole rings is 1. The van der Waals surface area contributed by atoms with E-state index >= 15 is 0 Å². The first-order chi connectivity index (χ1) is 11.7. The smallest absolute Gasteiger partial charge is 0.314 e. The minimum atomic E-state index is -0.141. The fourth-order valence-corrected chi connectivity index (χ4v) is 2.51. The zero-order valence-corrected chi connectivity index (χ0v) is 14.4. The molecule has 2 rings (SSSR count). The standard InChI is InChI=1S/C18H26N4O2/c1-15-14-21-17(22(15)12-13-24-2)9-11-20-18(23)19-10-8-16-6-4-3-5-7-16/h3-7,14H,8-13H2,1-2H3,(H2,19,20,23). The van der Waals surface area contributed by atoms with Crippen LogP contribution in [0, 0.1) is 6.92 Å². The molecule has 0 unspecified atom stereocenters. The van der Waals surface area contributed by atoms with Gasteiger partial charge in [0.25, 0.3) is 0 Å². The van der Waals surface area contributed by atoms with Gasteiger partial charge >= 0.3 is 6.03 Å². The van der Waals surface area contributed by atoms with Crippen molar-refractivity contribution >= 4 is 6.03 Å². The molecule has 6 nitrogen and oxygen atoms in total. The van der Waals surface area contributed by atoms with Crippen molar-refractivity contribution in [1.29, 1.82) is 0 Å². The Morgan fingerprint density at radius 2 is 1.88 bits per heavy atom. The first kappa shape index (κ1) is 18.0. The number of ether oxygens (including phenoxy) is 1. The number of amides is 2. The molecule has 1 heterocycles. The van der Waals surface area contributed by atoms with Gasteiger partial charge in [0.05, 0.1) is 6.61 Å². The lowest BCUT2D eigenvalue weighted by molar-refractivity contribution is 0.185. The Hall–Kier alpha value is -2.34. The summed E-state index contributed by atoms with van der Waals surface area (Å²) in [4.78, 5) is 16.2. The highest BCUT2D eigenvalue weighted by Gasteiger charge is 2.07. The van der Waals surface area contributed by atoms with Crippen molar-refractivity contribution in [2.75, 3.05) is 26.8 Å². The van der Waals surface area contributed by atoms with Gasteiger partial charge in [-0.05, 0) is 18.9 Å². The van der Waals surface area contributed by atoms with E-state index < -0.39 is 0 Å². The number of carbonyl (C=O) groups is 1. The van der Waals surface area contributed by atoms with Crippen LogP contribution < -0.4 is 10.6 Å². The quantitative estimate of drug-likeness (QED) is 0.738. The van der Waals surface area contributed by atoms with Crippen LogP contribution in [0.15, 0.2) is 36.5 Å². The van der Waals surface area contributed by atoms with E-state index in [1.807, 2.05) is 31.3 Å². The normalized spacial score (nSPS) is 10.6. The molecule has 0 saturated heterocycles. The Balaban J connectivity index is 1.67. The summed E-state index contributed by atoms with van der Waals surface area (Å²) in [6, 6.07) is 9.97. The molecule has 0 aliphatic heterocycles. The Bertz CT molecular complexity index is 625. The van der Waals surface area contributed by atoms with Gasteiger partial charge in [-0.3, -0.25) is 0 Å². The zero-order valence-electron chi connectivity index (χ0n) is 14.4. The number of rotatable bonds is 9. The van der Waals surface area contributed by atoms with Crippen molar-refractivity contribution in [2.24, 2.45) is 0 Å². The molecule has 24 heavy (non-hydrogen) atoms. The van der Waals surface area contributed by atoms with Crippen LogP contribution in [0.1, 0.15) is 17.1 Å². The molecule has 0 fully saturated rings. The maximum atomic E-state index is 11.8. The largest absolute Gasteiger partial charge is 0.383 e. The number of urea groups is 1. The summed E-state index contributed by atoms with van der Waals surface area (Å²) in [6.07, 6.45) is 3.38. The molecule has 6 heteroatoms. The van der Waals surface area contributed by atoms with Crippen LogP contribution in [0.2, 0.25) is 0 Å². The molecule has 0 atom stereocenters. The Kier molecular flexibility index (Phi) is 7.29. The summed E-state index contributed by atoms with van der Waals surface area (Å²) < 4.78 is 7.24. The van der Waals surface area contributed by atoms with Gasteiger partial charge in [0, 0.05) is 45.1 Å². The molecular formula is C18H26N4O2. The average molecular weight is 330 g/mol. The van der Waals surface area contributed by atoms with Crippen LogP contribution in [-0.4, -0.2) is 42.4 Å². The minimum Gasteiger partial charge on any atom is -0.383 e. The number of benzene rings is 1. The Morgan fingerprint density at radius 1 is 1.17 bits per heavy atom. The van der Waals surface area contributed by atoms with E-state index in [0.717, 1.165) is 24.5 Å². The van der Waals surface area contributed by atoms with Crippen molar-refractivity contribution in [3.63, 3.8) is 0 Å². The monoisotopic (exact) mass is 330 g/mol. The second-order valence-corrected chi connectivity index (χ2v) is 5.63. The highest BCUT2D eigenvalue weighted by molar-refractivity contribution is 5.73. The highest BCUT2D eigenvalue weighted by Crippen LogP contribution is 2.05. The molecule has 0 radical (unpaired) electrons. The van der Waals surface area contributed by atoms with Crippen molar-refractivity contribution in [1.82, 2.24) is 20.2 Å². The van der Waals surface area contributed by atoms with E-state index in [-0.39, 0.29) is 6.03 Å². The lowest BCUT2D eigenvalue weighted by Gasteiger charge is -2.11. The number of hydrogen-bond donors (Lipinski definition) is 2. The Morgan fingerprint density at radius 3 is 2.58 bits per heavy atom. The number of aryl methyl sites for hydroxylation is 1. The average Bonchev–Trinajstić information content (AvgIpc) is 2.94. The molecule has 2 N–H and O–H groups in total. The van der Waals surface area contributed by atoms with Crippen molar-refractivity contribution < 1.29 is 9.53 Å². The summed E-state index contributed by atoms with van der Waals surface area (Å²) in [5, 5.41) is 5.75. The molecule has 2 aromatic rings. The minimum absolute atomic E-state index is 0.141. The van der Waals surface area contributed by atoms with Gasteiger partial charge in [-0.15, -0.1) is 0 Å². The molecule has 1 aromatic carbocycles. The van der Waals surface area contributed by atoms with E-state index in [1.54, 1.807) is 7.11 Å². The van der Waals surface area contributed by atoms with Crippen LogP contribution >= 0.6 is 0 Å². The van der Waals surface area contributed by atoms with Crippen LogP contribution in [0.5, 0.6) is 0 Å². The molecule has 0 saturated carbocycles. The highest BCUT2D eigenvalue weighted by atomic mass is 16.5. The van der Waals surface area contributed by atoms with Gasteiger partial charge in [0.1, 0.15) is 5.82 Å². The van der Waals surface area contributed by atoms with Crippen LogP contribution in [-0.2, 0) is 24.1 Å². The second-order valence-electron chi connectivity index (χ2n) is 5.63. The summed E-state index contributed by atoms with van der Waals surface area (Å²) in [7, 11) is 1.69. The third-order valence-electron chi connectivity index (χ3n) is 3.83. The van der Waals surface area contributed by atoms with Crippen molar-refractivity contribution in [3.05, 3.63) is 53.6 Å². The molecule has 0 bridgehead atoms. The van der Waals surface area contributed by atoms with Gasteiger partial charge in [-0.25, -0.2) is 9.78 Å². The van der Waals surface area contributed by atoms with Gasteiger partial charge in [0.15, 0.2) is 0 Å². The molecule has 1 aromatic heterocycles. The molecule has 0 spiro atoms. The Labute approximate surface area is 143 Å². The first-order valence-electron chi connectivity index (χ1n) is 8.26. The summed E-state index contributed by atoms with van der Waals surface area (Å²) in [5.41, 5.74) is 2.32. The van der Waals surface area contributed by atoms with Crippen molar-refractivity contribution in [2.45, 2.75) is 26.3 Å². The SMILES string of the molecule is COCCn1c(C)cnc1CCNC(=O)NCCc1ccccc1.